The molecule has 0 aliphatic carbocycles. The standard InChI is InChI=1S/C21H20F3N3O3/c1-3-30-20(29)16(12-15-6-4-5-9-25-15)26-19(28)18-11-13-10-14(21(22,23)24)7-8-17(13)27(18)2/h4-11,16H,3,12H2,1-2H3,(H,26,28)/t16-/m1/s1. The molecular formula is C21H20F3N3O3. The van der Waals surface area contributed by atoms with E-state index in [0.29, 0.717) is 11.2 Å². The van der Waals surface area contributed by atoms with Crippen molar-refractivity contribution in [2.24, 2.45) is 7.05 Å². The summed E-state index contributed by atoms with van der Waals surface area (Å²) in [5.74, 6) is -1.22. The van der Waals surface area contributed by atoms with Gasteiger partial charge in [-0.15, -0.1) is 0 Å². The number of nitrogens with one attached hydrogen (secondary N) is 1. The first kappa shape index (κ1) is 21.4. The van der Waals surface area contributed by atoms with Gasteiger partial charge in [-0.1, -0.05) is 6.07 Å². The second-order valence-corrected chi connectivity index (χ2v) is 6.66. The Bertz CT molecular complexity index is 1060. The third-order valence-corrected chi connectivity index (χ3v) is 4.62. The molecule has 158 valence electrons. The summed E-state index contributed by atoms with van der Waals surface area (Å²) in [6.07, 6.45) is -2.79. The Morgan fingerprint density at radius 2 is 1.97 bits per heavy atom. The lowest BCUT2D eigenvalue weighted by molar-refractivity contribution is -0.145. The molecule has 1 atom stereocenters. The van der Waals surface area contributed by atoms with Crippen molar-refractivity contribution >= 4 is 22.8 Å². The molecule has 9 heteroatoms. The monoisotopic (exact) mass is 419 g/mol. The van der Waals surface area contributed by atoms with Crippen LogP contribution in [0.4, 0.5) is 13.2 Å². The summed E-state index contributed by atoms with van der Waals surface area (Å²) in [4.78, 5) is 29.3. The lowest BCUT2D eigenvalue weighted by Crippen LogP contribution is -2.44. The zero-order valence-corrected chi connectivity index (χ0v) is 16.4. The average Bonchev–Trinajstić information content (AvgIpc) is 3.04. The molecule has 0 spiro atoms. The molecule has 0 radical (unpaired) electrons. The molecule has 1 aromatic carbocycles. The van der Waals surface area contributed by atoms with Crippen LogP contribution in [-0.2, 0) is 29.2 Å². The molecule has 3 rings (SSSR count). The van der Waals surface area contributed by atoms with Gasteiger partial charge in [0.2, 0.25) is 0 Å². The highest BCUT2D eigenvalue weighted by atomic mass is 19.4. The lowest BCUT2D eigenvalue weighted by Gasteiger charge is -2.17. The Morgan fingerprint density at radius 1 is 1.20 bits per heavy atom. The van der Waals surface area contributed by atoms with E-state index in [1.54, 1.807) is 38.4 Å². The van der Waals surface area contributed by atoms with Gasteiger partial charge in [0, 0.05) is 36.3 Å². The van der Waals surface area contributed by atoms with Gasteiger partial charge in [-0.2, -0.15) is 13.2 Å². The summed E-state index contributed by atoms with van der Waals surface area (Å²) in [6, 6.07) is 8.84. The molecule has 1 amide bonds. The first-order chi connectivity index (χ1) is 14.2. The second-order valence-electron chi connectivity index (χ2n) is 6.66. The third kappa shape index (κ3) is 4.61. The highest BCUT2D eigenvalue weighted by Crippen LogP contribution is 2.32. The molecule has 3 aromatic rings. The zero-order valence-electron chi connectivity index (χ0n) is 16.4. The number of ether oxygens (including phenoxy) is 1. The van der Waals surface area contributed by atoms with Crippen LogP contribution in [0.1, 0.15) is 28.7 Å². The van der Waals surface area contributed by atoms with Crippen molar-refractivity contribution < 1.29 is 27.5 Å². The van der Waals surface area contributed by atoms with E-state index in [-0.39, 0.29) is 24.1 Å². The average molecular weight is 419 g/mol. The molecule has 1 N–H and O–H groups in total. The number of fused-ring (bicyclic) bond motifs is 1. The van der Waals surface area contributed by atoms with E-state index in [1.807, 2.05) is 0 Å². The number of rotatable bonds is 6. The number of aromatic nitrogens is 2. The maximum atomic E-state index is 13.0. The molecule has 6 nitrogen and oxygen atoms in total. The Morgan fingerprint density at radius 3 is 2.60 bits per heavy atom. The van der Waals surface area contributed by atoms with Crippen molar-refractivity contribution in [3.63, 3.8) is 0 Å². The van der Waals surface area contributed by atoms with Crippen LogP contribution < -0.4 is 5.32 Å². The minimum Gasteiger partial charge on any atom is -0.464 e. The van der Waals surface area contributed by atoms with Crippen LogP contribution in [0.2, 0.25) is 0 Å². The van der Waals surface area contributed by atoms with Crippen LogP contribution >= 0.6 is 0 Å². The number of nitrogens with zero attached hydrogens (tertiary/aromatic N) is 2. The highest BCUT2D eigenvalue weighted by Gasteiger charge is 2.31. The normalized spacial score (nSPS) is 12.6. The van der Waals surface area contributed by atoms with Crippen molar-refractivity contribution in [1.82, 2.24) is 14.9 Å². The number of amides is 1. The van der Waals surface area contributed by atoms with Gasteiger partial charge in [-0.25, -0.2) is 4.79 Å². The van der Waals surface area contributed by atoms with Gasteiger partial charge in [0.1, 0.15) is 11.7 Å². The Hall–Kier alpha value is -3.36. The van der Waals surface area contributed by atoms with Gasteiger partial charge in [0.05, 0.1) is 12.2 Å². The predicted octanol–water partition coefficient (Wildman–Crippen LogP) is 3.50. The molecular weight excluding hydrogens is 399 g/mol. The fourth-order valence-corrected chi connectivity index (χ4v) is 3.14. The number of hydrogen-bond acceptors (Lipinski definition) is 4. The maximum Gasteiger partial charge on any atom is 0.416 e. The molecule has 30 heavy (non-hydrogen) atoms. The largest absolute Gasteiger partial charge is 0.464 e. The van der Waals surface area contributed by atoms with Gasteiger partial charge in [0.25, 0.3) is 5.91 Å². The Labute approximate surface area is 170 Å². The van der Waals surface area contributed by atoms with Crippen LogP contribution in [0.25, 0.3) is 10.9 Å². The molecule has 0 saturated carbocycles. The van der Waals surface area contributed by atoms with E-state index in [9.17, 15) is 22.8 Å². The van der Waals surface area contributed by atoms with E-state index < -0.39 is 29.7 Å². The number of carbonyl (C=O) groups excluding carboxylic acids is 2. The van der Waals surface area contributed by atoms with Crippen LogP contribution in [0.5, 0.6) is 0 Å². The van der Waals surface area contributed by atoms with Gasteiger partial charge in [0.15, 0.2) is 0 Å². The summed E-state index contributed by atoms with van der Waals surface area (Å²) in [7, 11) is 1.57. The molecule has 0 bridgehead atoms. The third-order valence-electron chi connectivity index (χ3n) is 4.62. The number of pyridine rings is 1. The SMILES string of the molecule is CCOC(=O)[C@@H](Cc1ccccn1)NC(=O)c1cc2cc(C(F)(F)F)ccc2n1C. The predicted molar refractivity (Wildman–Crippen MR) is 104 cm³/mol. The van der Waals surface area contributed by atoms with Crippen molar-refractivity contribution in [2.45, 2.75) is 25.6 Å². The Kier molecular flexibility index (Phi) is 6.09. The lowest BCUT2D eigenvalue weighted by atomic mass is 10.1. The number of aryl methyl sites for hydroxylation is 1. The van der Waals surface area contributed by atoms with Crippen LogP contribution in [0, 0.1) is 0 Å². The van der Waals surface area contributed by atoms with Crippen molar-refractivity contribution in [3.05, 3.63) is 65.6 Å². The molecule has 0 aliphatic heterocycles. The first-order valence-electron chi connectivity index (χ1n) is 9.24. The molecule has 0 saturated heterocycles. The quantitative estimate of drug-likeness (QED) is 0.621. The van der Waals surface area contributed by atoms with E-state index >= 15 is 0 Å². The molecule has 0 fully saturated rings. The van der Waals surface area contributed by atoms with Crippen LogP contribution in [-0.4, -0.2) is 34.1 Å². The van der Waals surface area contributed by atoms with E-state index in [2.05, 4.69) is 10.3 Å². The van der Waals surface area contributed by atoms with Crippen LogP contribution in [0.3, 0.4) is 0 Å². The van der Waals surface area contributed by atoms with E-state index in [4.69, 9.17) is 4.74 Å². The number of alkyl halides is 3. The van der Waals surface area contributed by atoms with Gasteiger partial charge in [-0.05, 0) is 43.3 Å². The number of esters is 1. The fourth-order valence-electron chi connectivity index (χ4n) is 3.14. The smallest absolute Gasteiger partial charge is 0.416 e. The van der Waals surface area contributed by atoms with Crippen LogP contribution in [0.15, 0.2) is 48.7 Å². The van der Waals surface area contributed by atoms with Gasteiger partial charge in [-0.3, -0.25) is 9.78 Å². The first-order valence-corrected chi connectivity index (χ1v) is 9.24. The minimum atomic E-state index is -4.48. The summed E-state index contributed by atoms with van der Waals surface area (Å²) >= 11 is 0. The fraction of sp³-hybridized carbons (Fsp3) is 0.286. The molecule has 0 unspecified atom stereocenters. The molecule has 0 aliphatic rings. The molecule has 2 heterocycles. The summed E-state index contributed by atoms with van der Waals surface area (Å²) in [5, 5.41) is 2.89. The number of hydrogen-bond donors (Lipinski definition) is 1. The van der Waals surface area contributed by atoms with Crippen molar-refractivity contribution in [1.29, 1.82) is 0 Å². The second kappa shape index (κ2) is 8.56. The van der Waals surface area contributed by atoms with Gasteiger partial charge < -0.3 is 14.6 Å². The minimum absolute atomic E-state index is 0.119. The Balaban J connectivity index is 1.88. The summed E-state index contributed by atoms with van der Waals surface area (Å²) in [5.41, 5.74) is 0.375. The number of halogens is 3. The number of carbonyl (C=O) groups is 2. The van der Waals surface area contributed by atoms with Gasteiger partial charge >= 0.3 is 12.1 Å². The molecule has 2 aromatic heterocycles. The topological polar surface area (TPSA) is 73.2 Å². The number of benzene rings is 1. The summed E-state index contributed by atoms with van der Waals surface area (Å²) < 4.78 is 45.5. The maximum absolute atomic E-state index is 13.0. The van der Waals surface area contributed by atoms with E-state index in [1.165, 1.54) is 16.7 Å². The highest BCUT2D eigenvalue weighted by molar-refractivity contribution is 6.00. The zero-order chi connectivity index (χ0) is 21.9. The van der Waals surface area contributed by atoms with E-state index in [0.717, 1.165) is 12.1 Å². The summed E-state index contributed by atoms with van der Waals surface area (Å²) in [6.45, 7) is 1.79. The van der Waals surface area contributed by atoms with Crippen molar-refractivity contribution in [2.75, 3.05) is 6.61 Å². The van der Waals surface area contributed by atoms with Crippen molar-refractivity contribution in [3.8, 4) is 0 Å².